The Labute approximate surface area is 249 Å². The second-order valence-electron chi connectivity index (χ2n) is 9.57. The van der Waals surface area contributed by atoms with E-state index in [0.29, 0.717) is 13.2 Å². The van der Waals surface area contributed by atoms with Gasteiger partial charge in [0, 0.05) is 35.5 Å². The van der Waals surface area contributed by atoms with Crippen molar-refractivity contribution in [3.8, 4) is 5.75 Å². The Morgan fingerprint density at radius 2 is 1.63 bits per heavy atom. The van der Waals surface area contributed by atoms with Gasteiger partial charge in [-0.25, -0.2) is 0 Å². The number of likely N-dealkylation sites (N-methyl/N-ethyl adjacent to an activating group) is 1. The summed E-state index contributed by atoms with van der Waals surface area (Å²) < 4.78 is 10.6. The summed E-state index contributed by atoms with van der Waals surface area (Å²) in [6, 6.07) is 22.6. The van der Waals surface area contributed by atoms with Crippen LogP contribution in [0.2, 0.25) is 0 Å². The smallest absolute Gasteiger partial charge is 0.213 e. The lowest BCUT2D eigenvalue weighted by Gasteiger charge is -2.30. The molecule has 5 nitrogen and oxygen atoms in total. The zero-order valence-corrected chi connectivity index (χ0v) is 27.1. The fourth-order valence-corrected chi connectivity index (χ4v) is 5.14. The number of nitrogens with one attached hydrogen (secondary N) is 1. The minimum absolute atomic E-state index is 0.0470. The van der Waals surface area contributed by atoms with Crippen molar-refractivity contribution in [2.45, 2.75) is 74.1 Å². The van der Waals surface area contributed by atoms with Crippen LogP contribution in [0.4, 0.5) is 5.69 Å². The number of anilines is 1. The first-order valence-corrected chi connectivity index (χ1v) is 14.9. The molecule has 1 unspecified atom stereocenters. The van der Waals surface area contributed by atoms with E-state index >= 15 is 0 Å². The molecule has 0 aromatic heterocycles. The van der Waals surface area contributed by atoms with Crippen molar-refractivity contribution in [2.75, 3.05) is 31.7 Å². The van der Waals surface area contributed by atoms with Gasteiger partial charge in [-0.15, -0.1) is 0 Å². The Hall–Kier alpha value is -3.57. The van der Waals surface area contributed by atoms with E-state index in [1.54, 1.807) is 7.11 Å². The van der Waals surface area contributed by atoms with E-state index in [1.165, 1.54) is 33.6 Å². The molecular weight excluding hydrogens is 506 g/mol. The number of fused-ring (bicyclic) bond motifs is 1. The molecule has 3 aromatic rings. The van der Waals surface area contributed by atoms with Gasteiger partial charge in [-0.1, -0.05) is 75.7 Å². The predicted octanol–water partition coefficient (Wildman–Crippen LogP) is 8.60. The fourth-order valence-electron chi connectivity index (χ4n) is 5.14. The van der Waals surface area contributed by atoms with Crippen molar-refractivity contribution < 1.29 is 9.47 Å². The van der Waals surface area contributed by atoms with Gasteiger partial charge in [0.15, 0.2) is 0 Å². The molecule has 41 heavy (non-hydrogen) atoms. The molecule has 224 valence electrons. The summed E-state index contributed by atoms with van der Waals surface area (Å²) in [5, 5.41) is 7.46. The van der Waals surface area contributed by atoms with E-state index in [1.807, 2.05) is 58.0 Å². The summed E-state index contributed by atoms with van der Waals surface area (Å²) in [5.41, 5.74) is 14.1. The average Bonchev–Trinajstić information content (AvgIpc) is 3.26. The van der Waals surface area contributed by atoms with Crippen LogP contribution in [-0.4, -0.2) is 32.7 Å². The molecule has 1 aliphatic heterocycles. The number of nitrogens with zero attached hydrogens (tertiary/aromatic N) is 1. The number of ether oxygens (including phenoxy) is 2. The number of nitrogens with two attached hydrogens (primary N) is 1. The van der Waals surface area contributed by atoms with Crippen molar-refractivity contribution in [3.05, 3.63) is 106 Å². The highest BCUT2D eigenvalue weighted by Gasteiger charge is 2.43. The molecule has 0 saturated carbocycles. The van der Waals surface area contributed by atoms with E-state index in [0.717, 1.165) is 24.3 Å². The lowest BCUT2D eigenvalue weighted by Crippen LogP contribution is -2.30. The molecule has 0 spiro atoms. The highest BCUT2D eigenvalue weighted by molar-refractivity contribution is 5.91. The van der Waals surface area contributed by atoms with Crippen LogP contribution in [0.5, 0.6) is 5.75 Å². The average molecular weight is 560 g/mol. The topological polar surface area (TPSA) is 71.6 Å². The highest BCUT2D eigenvalue weighted by atomic mass is 16.5. The standard InChI is InChI=1S/C23H29NO.C9H12N2O.2C2H6/c1-7-22-23(5,15-18-10-9-16(3)13-17(18)4)20-14-19(25-6)11-12-21(20)24(22)8-2;10-6-7-12-9(11)8-4-2-1-3-5-8;2*1-2/h7,9-14H,8,15H2,1-6H3;1-5,11H,6-7,10H2;2*1-2H3/b22-7-;;;. The lowest BCUT2D eigenvalue weighted by molar-refractivity contribution is 0.314. The summed E-state index contributed by atoms with van der Waals surface area (Å²) in [4.78, 5) is 2.44. The number of methoxy groups -OCH3 is 1. The summed E-state index contributed by atoms with van der Waals surface area (Å²) in [5.74, 6) is 1.11. The molecule has 0 fully saturated rings. The molecule has 0 amide bonds. The van der Waals surface area contributed by atoms with Crippen molar-refractivity contribution in [1.82, 2.24) is 0 Å². The summed E-state index contributed by atoms with van der Waals surface area (Å²) in [6.45, 7) is 20.9. The monoisotopic (exact) mass is 559 g/mol. The van der Waals surface area contributed by atoms with Crippen LogP contribution in [-0.2, 0) is 16.6 Å². The highest BCUT2D eigenvalue weighted by Crippen LogP contribution is 2.50. The molecule has 1 heterocycles. The minimum atomic E-state index is -0.0470. The molecular formula is C36H53N3O2. The van der Waals surface area contributed by atoms with Crippen LogP contribution >= 0.6 is 0 Å². The van der Waals surface area contributed by atoms with E-state index in [4.69, 9.17) is 20.6 Å². The molecule has 0 bridgehead atoms. The maximum Gasteiger partial charge on any atom is 0.213 e. The minimum Gasteiger partial charge on any atom is -0.497 e. The van der Waals surface area contributed by atoms with Gasteiger partial charge >= 0.3 is 0 Å². The van der Waals surface area contributed by atoms with Gasteiger partial charge < -0.3 is 20.1 Å². The third kappa shape index (κ3) is 8.96. The number of hydrogen-bond donors (Lipinski definition) is 2. The van der Waals surface area contributed by atoms with E-state index < -0.39 is 0 Å². The molecule has 3 N–H and O–H groups in total. The van der Waals surface area contributed by atoms with Gasteiger partial charge in [0.1, 0.15) is 12.4 Å². The number of allylic oxidation sites excluding steroid dienone is 2. The van der Waals surface area contributed by atoms with E-state index in [-0.39, 0.29) is 11.3 Å². The van der Waals surface area contributed by atoms with Crippen LogP contribution in [0.15, 0.2) is 78.5 Å². The predicted molar refractivity (Wildman–Crippen MR) is 178 cm³/mol. The van der Waals surface area contributed by atoms with Crippen molar-refractivity contribution in [2.24, 2.45) is 5.73 Å². The Balaban J connectivity index is 0.000000441. The van der Waals surface area contributed by atoms with Gasteiger partial charge in [-0.05, 0) is 88.1 Å². The molecule has 0 radical (unpaired) electrons. The van der Waals surface area contributed by atoms with Crippen LogP contribution < -0.4 is 15.4 Å². The van der Waals surface area contributed by atoms with Crippen molar-refractivity contribution in [1.29, 1.82) is 5.41 Å². The summed E-state index contributed by atoms with van der Waals surface area (Å²) in [6.07, 6.45) is 3.27. The second-order valence-corrected chi connectivity index (χ2v) is 9.57. The zero-order valence-electron chi connectivity index (χ0n) is 27.1. The number of rotatable bonds is 7. The van der Waals surface area contributed by atoms with Gasteiger partial charge in [-0.2, -0.15) is 0 Å². The van der Waals surface area contributed by atoms with Gasteiger partial charge in [0.2, 0.25) is 5.90 Å². The SMILES string of the molecule is C/C=C1\N(CC)c2ccc(OC)cc2C1(C)Cc1ccc(C)cc1C.CC.CC.N=C(OCCN)c1ccccc1. The van der Waals surface area contributed by atoms with Crippen LogP contribution in [0, 0.1) is 19.3 Å². The van der Waals surface area contributed by atoms with Crippen LogP contribution in [0.25, 0.3) is 0 Å². The number of hydrogen-bond acceptors (Lipinski definition) is 5. The quantitative estimate of drug-likeness (QED) is 0.225. The Morgan fingerprint density at radius 1 is 0.976 bits per heavy atom. The van der Waals surface area contributed by atoms with E-state index in [9.17, 15) is 0 Å². The Bertz CT molecular complexity index is 1240. The lowest BCUT2D eigenvalue weighted by atomic mass is 9.75. The number of benzene rings is 3. The molecule has 3 aromatic carbocycles. The molecule has 4 rings (SSSR count). The molecule has 0 saturated heterocycles. The summed E-state index contributed by atoms with van der Waals surface area (Å²) in [7, 11) is 1.74. The maximum absolute atomic E-state index is 7.46. The first-order valence-electron chi connectivity index (χ1n) is 14.9. The fraction of sp³-hybridized carbons (Fsp3) is 0.417. The normalized spacial score (nSPS) is 15.8. The number of aryl methyl sites for hydroxylation is 2. The largest absolute Gasteiger partial charge is 0.497 e. The van der Waals surface area contributed by atoms with Gasteiger partial charge in [0.05, 0.1) is 7.11 Å². The van der Waals surface area contributed by atoms with Crippen molar-refractivity contribution >= 4 is 11.6 Å². The molecule has 1 atom stereocenters. The van der Waals surface area contributed by atoms with Crippen molar-refractivity contribution in [3.63, 3.8) is 0 Å². The Kier molecular flexibility index (Phi) is 15.6. The maximum atomic E-state index is 7.46. The molecule has 5 heteroatoms. The van der Waals surface area contributed by atoms with Gasteiger partial charge in [-0.3, -0.25) is 5.41 Å². The molecule has 0 aliphatic carbocycles. The van der Waals surface area contributed by atoms with Crippen LogP contribution in [0.1, 0.15) is 76.3 Å². The Morgan fingerprint density at radius 3 is 2.17 bits per heavy atom. The van der Waals surface area contributed by atoms with Crippen LogP contribution in [0.3, 0.4) is 0 Å². The van der Waals surface area contributed by atoms with Gasteiger partial charge in [0.25, 0.3) is 0 Å². The van der Waals surface area contributed by atoms with E-state index in [2.05, 4.69) is 82.0 Å². The second kappa shape index (κ2) is 18.0. The first-order chi connectivity index (χ1) is 19.8. The third-order valence-corrected chi connectivity index (χ3v) is 6.98. The molecule has 1 aliphatic rings. The zero-order chi connectivity index (χ0) is 31.0. The third-order valence-electron chi connectivity index (χ3n) is 6.98. The first kappa shape index (κ1) is 35.5. The summed E-state index contributed by atoms with van der Waals surface area (Å²) >= 11 is 0.